The molecule has 0 aliphatic heterocycles. The van der Waals surface area contributed by atoms with E-state index in [0.717, 1.165) is 22.4 Å². The maximum absolute atomic E-state index is 12.0. The number of ether oxygens (including phenoxy) is 1. The lowest BCUT2D eigenvalue weighted by Gasteiger charge is -2.12. The number of para-hydroxylation sites is 1. The van der Waals surface area contributed by atoms with Crippen LogP contribution in [0.1, 0.15) is 16.7 Å². The number of carbonyl (C=O) groups is 2. The minimum atomic E-state index is -0.340. The summed E-state index contributed by atoms with van der Waals surface area (Å²) in [6.45, 7) is 5.59. The molecular formula is C19H22N2O3. The number of carbonyl (C=O) groups excluding carboxylic acids is 2. The lowest BCUT2D eigenvalue weighted by atomic mass is 10.1. The highest BCUT2D eigenvalue weighted by atomic mass is 16.5. The second-order valence-electron chi connectivity index (χ2n) is 5.70. The van der Waals surface area contributed by atoms with Gasteiger partial charge in [0.1, 0.15) is 5.75 Å². The first kappa shape index (κ1) is 17.5. The molecule has 0 saturated heterocycles. The van der Waals surface area contributed by atoms with Crippen molar-refractivity contribution in [1.82, 2.24) is 5.32 Å². The minimum Gasteiger partial charge on any atom is -0.484 e. The van der Waals surface area contributed by atoms with Crippen LogP contribution in [-0.2, 0) is 9.59 Å². The molecule has 0 aliphatic rings. The lowest BCUT2D eigenvalue weighted by Crippen LogP contribution is -2.36. The van der Waals surface area contributed by atoms with E-state index in [1.807, 2.05) is 57.2 Å². The molecule has 5 nitrogen and oxygen atoms in total. The number of benzene rings is 2. The summed E-state index contributed by atoms with van der Waals surface area (Å²) < 4.78 is 5.39. The first-order valence-electron chi connectivity index (χ1n) is 7.78. The summed E-state index contributed by atoms with van der Waals surface area (Å²) in [5, 5.41) is 5.37. The van der Waals surface area contributed by atoms with Crippen LogP contribution < -0.4 is 15.4 Å². The molecule has 0 spiro atoms. The number of aryl methyl sites for hydroxylation is 3. The highest BCUT2D eigenvalue weighted by Gasteiger charge is 2.09. The molecule has 24 heavy (non-hydrogen) atoms. The van der Waals surface area contributed by atoms with Crippen LogP contribution in [0.2, 0.25) is 0 Å². The third-order valence-corrected chi connectivity index (χ3v) is 3.55. The lowest BCUT2D eigenvalue weighted by molar-refractivity contribution is -0.125. The molecule has 2 amide bonds. The van der Waals surface area contributed by atoms with Crippen molar-refractivity contribution >= 4 is 17.5 Å². The number of anilines is 1. The van der Waals surface area contributed by atoms with Gasteiger partial charge in [-0.2, -0.15) is 0 Å². The van der Waals surface area contributed by atoms with Gasteiger partial charge in [0.15, 0.2) is 6.61 Å². The van der Waals surface area contributed by atoms with Gasteiger partial charge >= 0.3 is 0 Å². The van der Waals surface area contributed by atoms with Crippen LogP contribution in [0.25, 0.3) is 0 Å². The zero-order chi connectivity index (χ0) is 17.5. The molecule has 0 heterocycles. The van der Waals surface area contributed by atoms with Gasteiger partial charge in [0.05, 0.1) is 6.54 Å². The number of hydrogen-bond donors (Lipinski definition) is 2. The van der Waals surface area contributed by atoms with Gasteiger partial charge in [0.2, 0.25) is 5.91 Å². The van der Waals surface area contributed by atoms with Crippen LogP contribution in [0, 0.1) is 20.8 Å². The number of amides is 2. The van der Waals surface area contributed by atoms with Crippen molar-refractivity contribution in [2.75, 3.05) is 18.5 Å². The van der Waals surface area contributed by atoms with Crippen LogP contribution in [0.3, 0.4) is 0 Å². The van der Waals surface area contributed by atoms with Crippen LogP contribution in [0.5, 0.6) is 5.75 Å². The summed E-state index contributed by atoms with van der Waals surface area (Å²) in [7, 11) is 0. The van der Waals surface area contributed by atoms with Gasteiger partial charge in [-0.25, -0.2) is 0 Å². The van der Waals surface area contributed by atoms with E-state index in [9.17, 15) is 9.59 Å². The second-order valence-corrected chi connectivity index (χ2v) is 5.70. The Morgan fingerprint density at radius 3 is 2.29 bits per heavy atom. The molecule has 0 aromatic heterocycles. The maximum atomic E-state index is 12.0. The zero-order valence-electron chi connectivity index (χ0n) is 14.2. The first-order chi connectivity index (χ1) is 11.5. The normalized spacial score (nSPS) is 10.1. The van der Waals surface area contributed by atoms with Gasteiger partial charge in [-0.1, -0.05) is 30.3 Å². The third-order valence-electron chi connectivity index (χ3n) is 3.55. The fourth-order valence-electron chi connectivity index (χ4n) is 2.28. The van der Waals surface area contributed by atoms with Crippen molar-refractivity contribution in [3.63, 3.8) is 0 Å². The average molecular weight is 326 g/mol. The molecule has 0 unspecified atom stereocenters. The van der Waals surface area contributed by atoms with Gasteiger partial charge < -0.3 is 15.4 Å². The SMILES string of the molecule is Cc1cccc(OCC(=O)NCC(=O)Nc2c(C)cccc2C)c1. The quantitative estimate of drug-likeness (QED) is 0.858. The van der Waals surface area contributed by atoms with Crippen LogP contribution in [0.4, 0.5) is 5.69 Å². The summed E-state index contributed by atoms with van der Waals surface area (Å²) in [5.74, 6) is 0.0228. The van der Waals surface area contributed by atoms with Gasteiger partial charge in [-0.3, -0.25) is 9.59 Å². The highest BCUT2D eigenvalue weighted by Crippen LogP contribution is 2.19. The molecule has 5 heteroatoms. The molecule has 2 rings (SSSR count). The zero-order valence-corrected chi connectivity index (χ0v) is 14.2. The van der Waals surface area contributed by atoms with Crippen LogP contribution in [0.15, 0.2) is 42.5 Å². The standard InChI is InChI=1S/C19H22N2O3/c1-13-6-4-9-16(10-13)24-12-18(23)20-11-17(22)21-19-14(2)7-5-8-15(19)3/h4-10H,11-12H2,1-3H3,(H,20,23)(H,21,22). The molecule has 0 radical (unpaired) electrons. The Balaban J connectivity index is 1.78. The molecule has 0 aliphatic carbocycles. The van der Waals surface area contributed by atoms with Crippen LogP contribution in [-0.4, -0.2) is 25.0 Å². The molecule has 2 N–H and O–H groups in total. The average Bonchev–Trinajstić information content (AvgIpc) is 2.54. The van der Waals surface area contributed by atoms with E-state index in [2.05, 4.69) is 10.6 Å². The molecule has 0 saturated carbocycles. The largest absolute Gasteiger partial charge is 0.484 e. The van der Waals surface area contributed by atoms with Crippen molar-refractivity contribution < 1.29 is 14.3 Å². The number of nitrogens with one attached hydrogen (secondary N) is 2. The molecule has 0 atom stereocenters. The summed E-state index contributed by atoms with van der Waals surface area (Å²) in [6, 6.07) is 13.2. The number of rotatable bonds is 6. The van der Waals surface area contributed by atoms with E-state index in [1.54, 1.807) is 6.07 Å². The Morgan fingerprint density at radius 1 is 0.958 bits per heavy atom. The summed E-state index contributed by atoms with van der Waals surface area (Å²) in [5.41, 5.74) is 3.81. The van der Waals surface area contributed by atoms with E-state index >= 15 is 0 Å². The summed E-state index contributed by atoms with van der Waals surface area (Å²) >= 11 is 0. The van der Waals surface area contributed by atoms with E-state index in [-0.39, 0.29) is 25.0 Å². The smallest absolute Gasteiger partial charge is 0.258 e. The molecule has 0 bridgehead atoms. The topological polar surface area (TPSA) is 67.4 Å². The van der Waals surface area contributed by atoms with Crippen molar-refractivity contribution in [3.8, 4) is 5.75 Å². The van der Waals surface area contributed by atoms with Gasteiger partial charge in [0.25, 0.3) is 5.91 Å². The monoisotopic (exact) mass is 326 g/mol. The maximum Gasteiger partial charge on any atom is 0.258 e. The Labute approximate surface area is 142 Å². The third kappa shape index (κ3) is 5.12. The van der Waals surface area contributed by atoms with Gasteiger partial charge in [0, 0.05) is 5.69 Å². The van der Waals surface area contributed by atoms with Gasteiger partial charge in [-0.05, 0) is 49.6 Å². The Kier molecular flexibility index (Phi) is 5.95. The Bertz CT molecular complexity index is 721. The van der Waals surface area contributed by atoms with E-state index in [1.165, 1.54) is 0 Å². The fraction of sp³-hybridized carbons (Fsp3) is 0.263. The predicted molar refractivity (Wildman–Crippen MR) is 94.2 cm³/mol. The van der Waals surface area contributed by atoms with E-state index < -0.39 is 0 Å². The van der Waals surface area contributed by atoms with Crippen molar-refractivity contribution in [2.24, 2.45) is 0 Å². The molecule has 2 aromatic rings. The predicted octanol–water partition coefficient (Wildman–Crippen LogP) is 2.75. The minimum absolute atomic E-state index is 0.0935. The van der Waals surface area contributed by atoms with Crippen LogP contribution >= 0.6 is 0 Å². The van der Waals surface area contributed by atoms with Crippen molar-refractivity contribution in [1.29, 1.82) is 0 Å². The molecule has 2 aromatic carbocycles. The molecular weight excluding hydrogens is 304 g/mol. The van der Waals surface area contributed by atoms with E-state index in [0.29, 0.717) is 5.75 Å². The first-order valence-corrected chi connectivity index (χ1v) is 7.78. The highest BCUT2D eigenvalue weighted by molar-refractivity contribution is 5.95. The Morgan fingerprint density at radius 2 is 1.62 bits per heavy atom. The second kappa shape index (κ2) is 8.15. The Hall–Kier alpha value is -2.82. The summed E-state index contributed by atoms with van der Waals surface area (Å²) in [6.07, 6.45) is 0. The van der Waals surface area contributed by atoms with Gasteiger partial charge in [-0.15, -0.1) is 0 Å². The van der Waals surface area contributed by atoms with Crippen molar-refractivity contribution in [3.05, 3.63) is 59.2 Å². The number of hydrogen-bond acceptors (Lipinski definition) is 3. The van der Waals surface area contributed by atoms with E-state index in [4.69, 9.17) is 4.74 Å². The fourth-order valence-corrected chi connectivity index (χ4v) is 2.28. The summed E-state index contributed by atoms with van der Waals surface area (Å²) in [4.78, 5) is 23.7. The molecule has 126 valence electrons. The van der Waals surface area contributed by atoms with Crippen molar-refractivity contribution in [2.45, 2.75) is 20.8 Å². The molecule has 0 fully saturated rings.